The normalized spacial score (nSPS) is 19.6. The first-order valence-corrected chi connectivity index (χ1v) is 14.9. The van der Waals surface area contributed by atoms with E-state index < -0.39 is 78.8 Å². The Kier molecular flexibility index (Phi) is 11.9. The lowest BCUT2D eigenvalue weighted by atomic mass is 9.91. The summed E-state index contributed by atoms with van der Waals surface area (Å²) in [6.07, 6.45) is -0.901. The molecule has 4 atom stereocenters. The van der Waals surface area contributed by atoms with Crippen LogP contribution in [0, 0.1) is 11.8 Å². The van der Waals surface area contributed by atoms with Gasteiger partial charge in [0, 0.05) is 12.3 Å². The Balaban J connectivity index is 1.54. The van der Waals surface area contributed by atoms with Crippen LogP contribution in [0.15, 0.2) is 72.9 Å². The van der Waals surface area contributed by atoms with Gasteiger partial charge < -0.3 is 33.7 Å². The number of hydrogen-bond acceptors (Lipinski definition) is 12. The van der Waals surface area contributed by atoms with Crippen molar-refractivity contribution in [2.45, 2.75) is 45.4 Å². The molecular formula is C34H36N2O11. The van der Waals surface area contributed by atoms with Gasteiger partial charge in [-0.3, -0.25) is 14.4 Å². The number of methoxy groups -OCH3 is 1. The van der Waals surface area contributed by atoms with Gasteiger partial charge in [0.05, 0.1) is 13.0 Å². The van der Waals surface area contributed by atoms with Gasteiger partial charge in [0.15, 0.2) is 30.2 Å². The molecule has 0 unspecified atom stereocenters. The van der Waals surface area contributed by atoms with Gasteiger partial charge in [-0.1, -0.05) is 62.4 Å². The smallest absolute Gasteiger partial charge is 0.349 e. The summed E-state index contributed by atoms with van der Waals surface area (Å²) in [4.78, 5) is 69.6. The van der Waals surface area contributed by atoms with Crippen LogP contribution >= 0.6 is 0 Å². The van der Waals surface area contributed by atoms with Crippen molar-refractivity contribution in [1.82, 2.24) is 10.3 Å². The number of rotatable bonds is 11. The van der Waals surface area contributed by atoms with Crippen molar-refractivity contribution in [2.75, 3.05) is 20.3 Å². The molecule has 13 nitrogen and oxygen atoms in total. The van der Waals surface area contributed by atoms with Crippen LogP contribution in [0.4, 0.5) is 0 Å². The minimum absolute atomic E-state index is 0.00821. The second kappa shape index (κ2) is 16.2. The maximum atomic E-state index is 13.5. The second-order valence-electron chi connectivity index (χ2n) is 10.9. The van der Waals surface area contributed by atoms with Crippen LogP contribution < -0.4 is 19.5 Å². The number of pyridine rings is 1. The molecule has 1 fully saturated rings. The van der Waals surface area contributed by atoms with Crippen molar-refractivity contribution in [3.63, 3.8) is 0 Å². The van der Waals surface area contributed by atoms with Crippen LogP contribution in [0.2, 0.25) is 0 Å². The fourth-order valence-electron chi connectivity index (χ4n) is 4.63. The zero-order chi connectivity index (χ0) is 33.9. The molecule has 13 heteroatoms. The van der Waals surface area contributed by atoms with E-state index in [0.717, 1.165) is 5.56 Å². The Morgan fingerprint density at radius 3 is 2.32 bits per heavy atom. The van der Waals surface area contributed by atoms with Crippen molar-refractivity contribution >= 4 is 29.8 Å². The number of aromatic nitrogens is 1. The Morgan fingerprint density at radius 2 is 1.66 bits per heavy atom. The van der Waals surface area contributed by atoms with Crippen molar-refractivity contribution in [1.29, 1.82) is 0 Å². The third-order valence-corrected chi connectivity index (χ3v) is 7.09. The van der Waals surface area contributed by atoms with E-state index in [1.54, 1.807) is 68.4 Å². The van der Waals surface area contributed by atoms with Gasteiger partial charge in [0.1, 0.15) is 24.4 Å². The molecule has 1 N–H and O–H groups in total. The summed E-state index contributed by atoms with van der Waals surface area (Å²) in [7, 11) is 1.31. The topological polar surface area (TPSA) is 166 Å². The highest BCUT2D eigenvalue weighted by atomic mass is 16.6. The zero-order valence-electron chi connectivity index (χ0n) is 26.4. The maximum absolute atomic E-state index is 13.5. The summed E-state index contributed by atoms with van der Waals surface area (Å²) in [6, 6.07) is 17.5. The molecule has 248 valence electrons. The summed E-state index contributed by atoms with van der Waals surface area (Å²) in [5, 5.41) is 2.44. The minimum Gasteiger partial charge on any atom is -0.493 e. The van der Waals surface area contributed by atoms with E-state index >= 15 is 0 Å². The Morgan fingerprint density at radius 1 is 0.979 bits per heavy atom. The molecule has 1 aliphatic heterocycles. The van der Waals surface area contributed by atoms with Crippen molar-refractivity contribution in [2.24, 2.45) is 11.8 Å². The molecule has 0 saturated carbocycles. The lowest BCUT2D eigenvalue weighted by Gasteiger charge is -2.29. The highest BCUT2D eigenvalue weighted by Gasteiger charge is 2.42. The zero-order valence-corrected chi connectivity index (χ0v) is 26.4. The number of ether oxygens (including phenoxy) is 6. The molecule has 2 heterocycles. The number of benzene rings is 2. The third kappa shape index (κ3) is 9.28. The van der Waals surface area contributed by atoms with Crippen LogP contribution in [-0.4, -0.2) is 73.3 Å². The van der Waals surface area contributed by atoms with Crippen LogP contribution in [-0.2, 0) is 39.8 Å². The number of nitrogens with one attached hydrogen (secondary N) is 1. The molecule has 3 aromatic rings. The fourth-order valence-corrected chi connectivity index (χ4v) is 4.63. The molecule has 1 saturated heterocycles. The molecule has 1 amide bonds. The highest BCUT2D eigenvalue weighted by molar-refractivity contribution is 5.99. The third-order valence-electron chi connectivity index (χ3n) is 7.09. The maximum Gasteiger partial charge on any atom is 0.349 e. The number of nitrogens with zero attached hydrogens (tertiary/aromatic N) is 1. The Labute approximate surface area is 271 Å². The number of carbonyl (C=O) groups is 5. The monoisotopic (exact) mass is 648 g/mol. The molecule has 2 aromatic carbocycles. The van der Waals surface area contributed by atoms with Crippen LogP contribution in [0.25, 0.3) is 0 Å². The molecule has 47 heavy (non-hydrogen) atoms. The fraction of sp³-hybridized carbons (Fsp3) is 0.353. The molecule has 1 aromatic heterocycles. The van der Waals surface area contributed by atoms with E-state index in [0.29, 0.717) is 5.75 Å². The first-order valence-electron chi connectivity index (χ1n) is 14.9. The van der Waals surface area contributed by atoms with Crippen molar-refractivity contribution in [3.8, 4) is 17.2 Å². The minimum atomic E-state index is -1.50. The lowest BCUT2D eigenvalue weighted by Crippen LogP contribution is -2.47. The number of esters is 4. The van der Waals surface area contributed by atoms with Gasteiger partial charge in [-0.15, -0.1) is 0 Å². The van der Waals surface area contributed by atoms with Gasteiger partial charge in [0.25, 0.3) is 5.91 Å². The van der Waals surface area contributed by atoms with Crippen LogP contribution in [0.3, 0.4) is 0 Å². The van der Waals surface area contributed by atoms with Gasteiger partial charge in [-0.2, -0.15) is 0 Å². The van der Waals surface area contributed by atoms with Gasteiger partial charge in [0.2, 0.25) is 5.75 Å². The average molecular weight is 649 g/mol. The molecule has 1 aliphatic rings. The van der Waals surface area contributed by atoms with Crippen LogP contribution in [0.1, 0.15) is 36.8 Å². The lowest BCUT2D eigenvalue weighted by molar-refractivity contribution is -0.176. The number of carbonyl (C=O) groups excluding carboxylic acids is 5. The molecule has 0 spiro atoms. The van der Waals surface area contributed by atoms with Gasteiger partial charge in [-0.25, -0.2) is 14.6 Å². The number of cyclic esters (lactones) is 2. The molecule has 0 radical (unpaired) electrons. The SMILES string of the molecule is COc1ccnc(C(=O)N[C@H]2COC(=O)[C@H](Cc3ccccc3)[C@@H](OC(=O)C(C)C)[C@H](C)OC2=O)c1OC(=O)COc1ccccc1. The highest BCUT2D eigenvalue weighted by Crippen LogP contribution is 2.30. The number of amides is 1. The summed E-state index contributed by atoms with van der Waals surface area (Å²) in [6.45, 7) is 3.68. The predicted molar refractivity (Wildman–Crippen MR) is 164 cm³/mol. The van der Waals surface area contributed by atoms with Crippen molar-refractivity contribution in [3.05, 3.63) is 84.2 Å². The van der Waals surface area contributed by atoms with E-state index in [4.69, 9.17) is 28.4 Å². The van der Waals surface area contributed by atoms with E-state index in [-0.39, 0.29) is 17.9 Å². The van der Waals surface area contributed by atoms with Crippen molar-refractivity contribution < 1.29 is 52.4 Å². The van der Waals surface area contributed by atoms with E-state index in [1.165, 1.54) is 26.3 Å². The molecule has 0 aliphatic carbocycles. The standard InChI is InChI=1S/C34H36N2O11/c1-20(2)32(39)47-29-21(3)45-34(41)25(18-44-33(40)24(29)17-22-11-7-5-8-12-22)36-31(38)28-30(26(42-4)15-16-35-28)46-27(37)19-43-23-13-9-6-10-14-23/h5-16,20-21,24-25,29H,17-19H2,1-4H3,(H,36,38)/t21-,24+,25-,29-/m0/s1. The largest absolute Gasteiger partial charge is 0.493 e. The van der Waals surface area contributed by atoms with Gasteiger partial charge >= 0.3 is 23.9 Å². The Hall–Kier alpha value is -5.46. The average Bonchev–Trinajstić information content (AvgIpc) is 3.10. The molecule has 4 rings (SSSR count). The number of para-hydroxylation sites is 1. The van der Waals surface area contributed by atoms with E-state index in [9.17, 15) is 24.0 Å². The second-order valence-corrected chi connectivity index (χ2v) is 10.9. The predicted octanol–water partition coefficient (Wildman–Crippen LogP) is 3.09. The summed E-state index contributed by atoms with van der Waals surface area (Å²) in [5.41, 5.74) is 0.373. The Bertz CT molecular complexity index is 1560. The first-order chi connectivity index (χ1) is 22.6. The molecular weight excluding hydrogens is 612 g/mol. The summed E-state index contributed by atoms with van der Waals surface area (Å²) >= 11 is 0. The summed E-state index contributed by atoms with van der Waals surface area (Å²) in [5.74, 6) is -5.54. The first kappa shape index (κ1) is 34.4. The van der Waals surface area contributed by atoms with E-state index in [2.05, 4.69) is 10.3 Å². The number of hydrogen-bond donors (Lipinski definition) is 1. The quantitative estimate of drug-likeness (QED) is 0.239. The van der Waals surface area contributed by atoms with Crippen LogP contribution in [0.5, 0.6) is 17.2 Å². The molecule has 0 bridgehead atoms. The summed E-state index contributed by atoms with van der Waals surface area (Å²) < 4.78 is 32.9. The van der Waals surface area contributed by atoms with E-state index in [1.807, 2.05) is 6.07 Å². The van der Waals surface area contributed by atoms with Gasteiger partial charge in [-0.05, 0) is 31.0 Å².